The molecule has 1 aliphatic rings. The number of aromatic hydroxyl groups is 1. The molecule has 0 aromatic heterocycles. The van der Waals surface area contributed by atoms with Gasteiger partial charge in [-0.25, -0.2) is 4.79 Å². The predicted molar refractivity (Wildman–Crippen MR) is 73.5 cm³/mol. The second-order valence-corrected chi connectivity index (χ2v) is 6.75. The highest BCUT2D eigenvalue weighted by atomic mass is 79.9. The largest absolute Gasteiger partial charge is 0.507 e. The summed E-state index contributed by atoms with van der Waals surface area (Å²) in [6.07, 6.45) is 3.20. The molecule has 3 nitrogen and oxygen atoms in total. The molecule has 0 spiro atoms. The maximum absolute atomic E-state index is 10.5. The van der Waals surface area contributed by atoms with Crippen LogP contribution >= 0.6 is 15.9 Å². The zero-order valence-corrected chi connectivity index (χ0v) is 12.3. The summed E-state index contributed by atoms with van der Waals surface area (Å²) in [4.78, 5) is 14.4. The average Bonchev–Trinajstić information content (AvgIpc) is 3.01. The fraction of sp³-hybridized carbons (Fsp3) is 0.500. The van der Waals surface area contributed by atoms with E-state index in [1.54, 1.807) is 6.08 Å². The van der Waals surface area contributed by atoms with Crippen molar-refractivity contribution in [2.75, 3.05) is 0 Å². The molecular weight excluding hydrogens is 294 g/mol. The lowest BCUT2D eigenvalue weighted by Crippen LogP contribution is -2.14. The number of nitrogens with zero attached hydrogens (tertiary/aromatic N) is 1. The van der Waals surface area contributed by atoms with E-state index < -0.39 is 5.54 Å². The molecule has 96 valence electrons. The fourth-order valence-electron chi connectivity index (χ4n) is 2.17. The Labute approximate surface area is 115 Å². The summed E-state index contributed by atoms with van der Waals surface area (Å²) in [5.74, 6) is 0.252. The lowest BCUT2D eigenvalue weighted by Gasteiger charge is -2.24. The molecular formula is C14H16BrNO2. The van der Waals surface area contributed by atoms with Gasteiger partial charge in [-0.3, -0.25) is 0 Å². The number of phenols is 1. The van der Waals surface area contributed by atoms with E-state index in [0.29, 0.717) is 0 Å². The van der Waals surface area contributed by atoms with Gasteiger partial charge in [-0.05, 0) is 30.4 Å². The number of hydrogen-bond acceptors (Lipinski definition) is 3. The van der Waals surface area contributed by atoms with E-state index in [-0.39, 0.29) is 11.2 Å². The number of aliphatic imine (C=N–C) groups is 1. The molecule has 4 heteroatoms. The first kappa shape index (κ1) is 13.3. The molecule has 0 bridgehead atoms. The lowest BCUT2D eigenvalue weighted by molar-refractivity contribution is 0.433. The summed E-state index contributed by atoms with van der Waals surface area (Å²) >= 11 is 3.46. The van der Waals surface area contributed by atoms with Crippen LogP contribution < -0.4 is 0 Å². The first-order valence-electron chi connectivity index (χ1n) is 5.93. The second-order valence-electron chi connectivity index (χ2n) is 5.83. The number of carbonyl (C=O) groups excluding carboxylic acids is 1. The Bertz CT molecular complexity index is 535. The van der Waals surface area contributed by atoms with Crippen LogP contribution in [0, 0.1) is 0 Å². The van der Waals surface area contributed by atoms with Gasteiger partial charge in [0, 0.05) is 15.6 Å². The Morgan fingerprint density at radius 2 is 2.00 bits per heavy atom. The second kappa shape index (κ2) is 4.22. The van der Waals surface area contributed by atoms with E-state index in [1.807, 2.05) is 32.9 Å². The molecule has 1 saturated carbocycles. The molecule has 1 aromatic carbocycles. The van der Waals surface area contributed by atoms with Crippen molar-refractivity contribution >= 4 is 22.0 Å². The van der Waals surface area contributed by atoms with E-state index in [4.69, 9.17) is 0 Å². The highest BCUT2D eigenvalue weighted by Gasteiger charge is 2.47. The van der Waals surface area contributed by atoms with Crippen LogP contribution in [-0.2, 0) is 15.7 Å². The van der Waals surface area contributed by atoms with E-state index in [1.165, 1.54) is 0 Å². The molecule has 0 atom stereocenters. The normalized spacial score (nSPS) is 17.1. The van der Waals surface area contributed by atoms with Crippen molar-refractivity contribution in [1.29, 1.82) is 0 Å². The number of phenolic OH excluding ortho intramolecular Hbond substituents is 1. The molecule has 18 heavy (non-hydrogen) atoms. The number of isocyanates is 1. The van der Waals surface area contributed by atoms with E-state index in [9.17, 15) is 9.90 Å². The molecule has 1 aliphatic carbocycles. The number of benzene rings is 1. The predicted octanol–water partition coefficient (Wildman–Crippen LogP) is 3.78. The molecule has 0 heterocycles. The van der Waals surface area contributed by atoms with Gasteiger partial charge in [-0.1, -0.05) is 36.7 Å². The SMILES string of the molecule is CC(C)(C)c1cc(Br)cc(C2(N=C=O)CC2)c1O. The van der Waals surface area contributed by atoms with Gasteiger partial charge in [-0.2, -0.15) is 4.99 Å². The van der Waals surface area contributed by atoms with Gasteiger partial charge in [0.1, 0.15) is 11.3 Å². The lowest BCUT2D eigenvalue weighted by atomic mass is 9.84. The Kier molecular flexibility index (Phi) is 3.12. The first-order chi connectivity index (χ1) is 8.30. The average molecular weight is 310 g/mol. The Hall–Kier alpha value is -1.12. The smallest absolute Gasteiger partial charge is 0.235 e. The number of halogens is 1. The van der Waals surface area contributed by atoms with Crippen molar-refractivity contribution in [3.63, 3.8) is 0 Å². The van der Waals surface area contributed by atoms with E-state index in [2.05, 4.69) is 20.9 Å². The minimum atomic E-state index is -0.546. The third-order valence-corrected chi connectivity index (χ3v) is 3.83. The summed E-state index contributed by atoms with van der Waals surface area (Å²) < 4.78 is 0.896. The summed E-state index contributed by atoms with van der Waals surface area (Å²) in [5.41, 5.74) is 0.878. The third kappa shape index (κ3) is 2.23. The third-order valence-electron chi connectivity index (χ3n) is 3.37. The Morgan fingerprint density at radius 3 is 2.44 bits per heavy atom. The minimum Gasteiger partial charge on any atom is -0.507 e. The van der Waals surface area contributed by atoms with Crippen LogP contribution in [0.2, 0.25) is 0 Å². The van der Waals surface area contributed by atoms with Gasteiger partial charge in [0.05, 0.1) is 0 Å². The molecule has 2 rings (SSSR count). The van der Waals surface area contributed by atoms with E-state index in [0.717, 1.165) is 28.4 Å². The van der Waals surface area contributed by atoms with Gasteiger partial charge in [0.15, 0.2) is 0 Å². The maximum atomic E-state index is 10.5. The summed E-state index contributed by atoms with van der Waals surface area (Å²) in [6, 6.07) is 3.76. The summed E-state index contributed by atoms with van der Waals surface area (Å²) in [6.45, 7) is 6.13. The number of hydrogen-bond donors (Lipinski definition) is 1. The molecule has 0 unspecified atom stereocenters. The zero-order valence-electron chi connectivity index (χ0n) is 10.7. The highest BCUT2D eigenvalue weighted by Crippen LogP contribution is 2.54. The van der Waals surface area contributed by atoms with Gasteiger partial charge < -0.3 is 5.11 Å². The van der Waals surface area contributed by atoms with Gasteiger partial charge in [-0.15, -0.1) is 0 Å². The Balaban J connectivity index is 2.63. The molecule has 1 N–H and O–H groups in total. The van der Waals surface area contributed by atoms with Crippen LogP contribution in [0.25, 0.3) is 0 Å². The highest BCUT2D eigenvalue weighted by molar-refractivity contribution is 9.10. The topological polar surface area (TPSA) is 49.7 Å². The molecule has 0 radical (unpaired) electrons. The standard InChI is InChI=1S/C14H16BrNO2/c1-13(2,3)10-6-9(15)7-11(12(10)18)14(4-5-14)16-8-17/h6-7,18H,4-5H2,1-3H3. The molecule has 1 aromatic rings. The fourth-order valence-corrected chi connectivity index (χ4v) is 2.63. The maximum Gasteiger partial charge on any atom is 0.235 e. The zero-order chi connectivity index (χ0) is 13.6. The first-order valence-corrected chi connectivity index (χ1v) is 6.72. The van der Waals surface area contributed by atoms with Crippen LogP contribution in [-0.4, -0.2) is 11.2 Å². The molecule has 0 aliphatic heterocycles. The van der Waals surface area contributed by atoms with Crippen molar-refractivity contribution in [2.24, 2.45) is 4.99 Å². The summed E-state index contributed by atoms with van der Waals surface area (Å²) in [7, 11) is 0. The van der Waals surface area contributed by atoms with Crippen molar-refractivity contribution in [3.8, 4) is 5.75 Å². The molecule has 0 saturated heterocycles. The molecule has 1 fully saturated rings. The van der Waals surface area contributed by atoms with Crippen molar-refractivity contribution in [1.82, 2.24) is 0 Å². The van der Waals surface area contributed by atoms with Gasteiger partial charge >= 0.3 is 0 Å². The minimum absolute atomic E-state index is 0.163. The van der Waals surface area contributed by atoms with Crippen LogP contribution in [0.1, 0.15) is 44.7 Å². The van der Waals surface area contributed by atoms with E-state index >= 15 is 0 Å². The number of rotatable bonds is 2. The van der Waals surface area contributed by atoms with Crippen LogP contribution in [0.5, 0.6) is 5.75 Å². The Morgan fingerprint density at radius 1 is 1.39 bits per heavy atom. The van der Waals surface area contributed by atoms with Crippen LogP contribution in [0.4, 0.5) is 0 Å². The van der Waals surface area contributed by atoms with Crippen molar-refractivity contribution < 1.29 is 9.90 Å². The summed E-state index contributed by atoms with van der Waals surface area (Å²) in [5, 5.41) is 10.4. The van der Waals surface area contributed by atoms with Crippen LogP contribution in [0.3, 0.4) is 0 Å². The quantitative estimate of drug-likeness (QED) is 0.667. The van der Waals surface area contributed by atoms with Gasteiger partial charge in [0.2, 0.25) is 6.08 Å². The van der Waals surface area contributed by atoms with Crippen LogP contribution in [0.15, 0.2) is 21.6 Å². The van der Waals surface area contributed by atoms with Crippen molar-refractivity contribution in [2.45, 2.75) is 44.6 Å². The monoisotopic (exact) mass is 309 g/mol. The molecule has 0 amide bonds. The van der Waals surface area contributed by atoms with Crippen molar-refractivity contribution in [3.05, 3.63) is 27.7 Å². The van der Waals surface area contributed by atoms with Gasteiger partial charge in [0.25, 0.3) is 0 Å².